The Labute approximate surface area is 175 Å². The van der Waals surface area contributed by atoms with E-state index in [9.17, 15) is 14.0 Å². The Bertz CT molecular complexity index is 891. The Morgan fingerprint density at radius 2 is 1.97 bits per heavy atom. The molecule has 2 aromatic rings. The minimum atomic E-state index is -0.286. The average Bonchev–Trinajstić information content (AvgIpc) is 3.47. The zero-order chi connectivity index (χ0) is 20.5. The molecule has 1 aromatic carbocycles. The summed E-state index contributed by atoms with van der Waals surface area (Å²) in [6, 6.07) is 8.28. The molecular formula is C23H27FN2O2S. The number of amides is 2. The Hall–Kier alpha value is -2.21. The molecule has 1 fully saturated rings. The van der Waals surface area contributed by atoms with E-state index in [1.54, 1.807) is 28.4 Å². The van der Waals surface area contributed by atoms with Gasteiger partial charge in [0.05, 0.1) is 6.04 Å². The van der Waals surface area contributed by atoms with E-state index < -0.39 is 0 Å². The summed E-state index contributed by atoms with van der Waals surface area (Å²) in [5.41, 5.74) is 2.02. The van der Waals surface area contributed by atoms with Crippen LogP contribution in [0.4, 0.5) is 4.39 Å². The second-order valence-electron chi connectivity index (χ2n) is 8.09. The molecule has 2 atom stereocenters. The van der Waals surface area contributed by atoms with Crippen LogP contribution in [0.2, 0.25) is 0 Å². The molecule has 0 radical (unpaired) electrons. The largest absolute Gasteiger partial charge is 0.330 e. The Balaban J connectivity index is 1.61. The summed E-state index contributed by atoms with van der Waals surface area (Å²) >= 11 is 1.70. The van der Waals surface area contributed by atoms with Crippen molar-refractivity contribution in [2.75, 3.05) is 13.1 Å². The first-order valence-electron chi connectivity index (χ1n) is 10.4. The van der Waals surface area contributed by atoms with Crippen LogP contribution in [0.25, 0.3) is 0 Å². The number of carbonyl (C=O) groups excluding carboxylic acids is 2. The van der Waals surface area contributed by atoms with Crippen LogP contribution in [0.15, 0.2) is 35.7 Å². The molecule has 6 heteroatoms. The van der Waals surface area contributed by atoms with Crippen LogP contribution in [0.1, 0.15) is 55.2 Å². The van der Waals surface area contributed by atoms with Crippen molar-refractivity contribution in [3.63, 3.8) is 0 Å². The van der Waals surface area contributed by atoms with Crippen LogP contribution in [0.5, 0.6) is 0 Å². The molecule has 2 amide bonds. The standard InChI is InChI=1S/C23H27FN2O2S/c1-3-15(2)26(23(28)17-4-5-17)14-21(27)25-12-10-20-19(11-13-29-20)22(25)16-6-8-18(24)9-7-16/h6-9,11,13,15,17,22H,3-5,10,12,14H2,1-2H3. The molecule has 2 aliphatic rings. The number of hydrogen-bond acceptors (Lipinski definition) is 3. The van der Waals surface area contributed by atoms with Crippen molar-refractivity contribution >= 4 is 23.2 Å². The smallest absolute Gasteiger partial charge is 0.243 e. The lowest BCUT2D eigenvalue weighted by Gasteiger charge is -2.38. The number of thiophene rings is 1. The van der Waals surface area contributed by atoms with E-state index >= 15 is 0 Å². The van der Waals surface area contributed by atoms with Gasteiger partial charge in [0.1, 0.15) is 12.4 Å². The second kappa shape index (κ2) is 8.27. The number of hydrogen-bond donors (Lipinski definition) is 0. The number of fused-ring (bicyclic) bond motifs is 1. The summed E-state index contributed by atoms with van der Waals surface area (Å²) in [6.45, 7) is 4.78. The van der Waals surface area contributed by atoms with E-state index in [0.717, 1.165) is 36.8 Å². The molecule has 1 aliphatic carbocycles. The Kier molecular flexibility index (Phi) is 5.72. The number of rotatable bonds is 6. The van der Waals surface area contributed by atoms with Crippen molar-refractivity contribution in [2.24, 2.45) is 5.92 Å². The van der Waals surface area contributed by atoms with Gasteiger partial charge in [0.15, 0.2) is 0 Å². The van der Waals surface area contributed by atoms with Crippen molar-refractivity contribution in [3.8, 4) is 0 Å². The number of halogens is 1. The predicted octanol–water partition coefficient (Wildman–Crippen LogP) is 4.40. The minimum absolute atomic E-state index is 0.0366. The van der Waals surface area contributed by atoms with Crippen molar-refractivity contribution in [1.29, 1.82) is 0 Å². The van der Waals surface area contributed by atoms with Gasteiger partial charge in [0, 0.05) is 23.4 Å². The van der Waals surface area contributed by atoms with Gasteiger partial charge in [0.2, 0.25) is 11.8 Å². The van der Waals surface area contributed by atoms with Crippen LogP contribution in [0, 0.1) is 11.7 Å². The fourth-order valence-corrected chi connectivity index (χ4v) is 4.97. The maximum atomic E-state index is 13.5. The van der Waals surface area contributed by atoms with E-state index in [-0.39, 0.29) is 42.2 Å². The minimum Gasteiger partial charge on any atom is -0.330 e. The quantitative estimate of drug-likeness (QED) is 0.703. The first-order valence-corrected chi connectivity index (χ1v) is 11.3. The number of carbonyl (C=O) groups is 2. The molecule has 0 N–H and O–H groups in total. The molecule has 1 aromatic heterocycles. The van der Waals surface area contributed by atoms with E-state index in [0.29, 0.717) is 6.54 Å². The lowest BCUT2D eigenvalue weighted by molar-refractivity contribution is -0.144. The lowest BCUT2D eigenvalue weighted by Crippen LogP contribution is -2.49. The monoisotopic (exact) mass is 414 g/mol. The molecular weight excluding hydrogens is 387 g/mol. The molecule has 154 valence electrons. The third-order valence-electron chi connectivity index (χ3n) is 6.11. The van der Waals surface area contributed by atoms with Gasteiger partial charge < -0.3 is 9.80 Å². The highest BCUT2D eigenvalue weighted by Crippen LogP contribution is 2.38. The van der Waals surface area contributed by atoms with Gasteiger partial charge in [-0.05, 0) is 67.3 Å². The van der Waals surface area contributed by atoms with Gasteiger partial charge in [-0.15, -0.1) is 11.3 Å². The molecule has 0 bridgehead atoms. The van der Waals surface area contributed by atoms with Gasteiger partial charge in [-0.1, -0.05) is 19.1 Å². The Morgan fingerprint density at radius 1 is 1.24 bits per heavy atom. The van der Waals surface area contributed by atoms with Gasteiger partial charge in [-0.3, -0.25) is 9.59 Å². The fourth-order valence-electron chi connectivity index (χ4n) is 4.06. The molecule has 29 heavy (non-hydrogen) atoms. The van der Waals surface area contributed by atoms with E-state index in [1.807, 2.05) is 18.7 Å². The van der Waals surface area contributed by atoms with E-state index in [4.69, 9.17) is 0 Å². The summed E-state index contributed by atoms with van der Waals surface area (Å²) in [4.78, 5) is 31.1. The van der Waals surface area contributed by atoms with Crippen LogP contribution in [-0.2, 0) is 16.0 Å². The zero-order valence-electron chi connectivity index (χ0n) is 16.9. The molecule has 1 saturated carbocycles. The SMILES string of the molecule is CCC(C)N(CC(=O)N1CCc2sccc2C1c1ccc(F)cc1)C(=O)C1CC1. The van der Waals surface area contributed by atoms with E-state index in [1.165, 1.54) is 17.0 Å². The average molecular weight is 415 g/mol. The van der Waals surface area contributed by atoms with Crippen LogP contribution in [0.3, 0.4) is 0 Å². The summed E-state index contributed by atoms with van der Waals surface area (Å²) in [5.74, 6) is -0.120. The van der Waals surface area contributed by atoms with Crippen molar-refractivity contribution in [2.45, 2.75) is 51.6 Å². The third kappa shape index (κ3) is 4.08. The van der Waals surface area contributed by atoms with Crippen molar-refractivity contribution in [1.82, 2.24) is 9.80 Å². The highest BCUT2D eigenvalue weighted by atomic mass is 32.1. The molecule has 2 unspecified atom stereocenters. The van der Waals surface area contributed by atoms with Gasteiger partial charge in [0.25, 0.3) is 0 Å². The molecule has 0 saturated heterocycles. The normalized spacial score (nSPS) is 19.6. The predicted molar refractivity (Wildman–Crippen MR) is 112 cm³/mol. The number of nitrogens with zero attached hydrogens (tertiary/aromatic N) is 2. The molecule has 1 aliphatic heterocycles. The summed E-state index contributed by atoms with van der Waals surface area (Å²) in [7, 11) is 0. The first-order chi connectivity index (χ1) is 14.0. The first kappa shape index (κ1) is 20.1. The molecule has 4 rings (SSSR count). The van der Waals surface area contributed by atoms with Gasteiger partial charge in [-0.25, -0.2) is 4.39 Å². The van der Waals surface area contributed by atoms with Gasteiger partial charge in [-0.2, -0.15) is 0 Å². The van der Waals surface area contributed by atoms with Crippen LogP contribution < -0.4 is 0 Å². The molecule has 0 spiro atoms. The van der Waals surface area contributed by atoms with Crippen molar-refractivity contribution in [3.05, 3.63) is 57.5 Å². The highest BCUT2D eigenvalue weighted by Gasteiger charge is 2.38. The summed E-state index contributed by atoms with van der Waals surface area (Å²) < 4.78 is 13.5. The van der Waals surface area contributed by atoms with Crippen molar-refractivity contribution < 1.29 is 14.0 Å². The highest BCUT2D eigenvalue weighted by molar-refractivity contribution is 7.10. The lowest BCUT2D eigenvalue weighted by atomic mass is 9.93. The maximum Gasteiger partial charge on any atom is 0.243 e. The summed E-state index contributed by atoms with van der Waals surface area (Å²) in [6.07, 6.45) is 3.50. The fraction of sp³-hybridized carbons (Fsp3) is 0.478. The maximum absolute atomic E-state index is 13.5. The Morgan fingerprint density at radius 3 is 2.62 bits per heavy atom. The van der Waals surface area contributed by atoms with Crippen LogP contribution >= 0.6 is 11.3 Å². The molecule has 4 nitrogen and oxygen atoms in total. The summed E-state index contributed by atoms with van der Waals surface area (Å²) in [5, 5.41) is 2.05. The third-order valence-corrected chi connectivity index (χ3v) is 7.11. The molecule has 2 heterocycles. The topological polar surface area (TPSA) is 40.6 Å². The number of benzene rings is 1. The van der Waals surface area contributed by atoms with Gasteiger partial charge >= 0.3 is 0 Å². The van der Waals surface area contributed by atoms with Crippen LogP contribution in [-0.4, -0.2) is 40.7 Å². The zero-order valence-corrected chi connectivity index (χ0v) is 17.8. The second-order valence-corrected chi connectivity index (χ2v) is 9.09. The van der Waals surface area contributed by atoms with E-state index in [2.05, 4.69) is 11.4 Å².